The lowest BCUT2D eigenvalue weighted by Crippen LogP contribution is -2.28. The predicted octanol–water partition coefficient (Wildman–Crippen LogP) is 2.97. The van der Waals surface area contributed by atoms with Crippen molar-refractivity contribution in [3.8, 4) is 0 Å². The van der Waals surface area contributed by atoms with E-state index in [1.807, 2.05) is 0 Å². The molecule has 0 fully saturated rings. The molecule has 10 heteroatoms. The van der Waals surface area contributed by atoms with Gasteiger partial charge in [-0.1, -0.05) is 22.0 Å². The molecule has 0 saturated heterocycles. The molecular formula is C16H16BrN3O5S. The number of halogens is 1. The van der Waals surface area contributed by atoms with E-state index in [4.69, 9.17) is 0 Å². The molecule has 0 aromatic heterocycles. The first-order valence-electron chi connectivity index (χ1n) is 7.50. The van der Waals surface area contributed by atoms with Crippen LogP contribution >= 0.6 is 15.9 Å². The Balaban J connectivity index is 1.94. The number of hydrogen-bond acceptors (Lipinski definition) is 5. The van der Waals surface area contributed by atoms with Crippen molar-refractivity contribution in [1.82, 2.24) is 4.72 Å². The van der Waals surface area contributed by atoms with Crippen LogP contribution in [0.3, 0.4) is 0 Å². The highest BCUT2D eigenvalue weighted by Gasteiger charge is 2.16. The normalized spacial score (nSPS) is 11.2. The molecule has 26 heavy (non-hydrogen) atoms. The fraction of sp³-hybridized carbons (Fsp3) is 0.188. The van der Waals surface area contributed by atoms with Gasteiger partial charge in [0.1, 0.15) is 0 Å². The quantitative estimate of drug-likeness (QED) is 0.505. The average Bonchev–Trinajstić information content (AvgIpc) is 2.56. The molecule has 138 valence electrons. The van der Waals surface area contributed by atoms with E-state index >= 15 is 0 Å². The smallest absolute Gasteiger partial charge is 0.274 e. The van der Waals surface area contributed by atoms with Crippen LogP contribution in [-0.4, -0.2) is 25.8 Å². The molecule has 0 aliphatic heterocycles. The zero-order valence-electron chi connectivity index (χ0n) is 13.7. The van der Waals surface area contributed by atoms with E-state index < -0.39 is 20.9 Å². The van der Waals surface area contributed by atoms with E-state index in [1.54, 1.807) is 18.2 Å². The fourth-order valence-electron chi connectivity index (χ4n) is 2.17. The number of nitrogens with one attached hydrogen (secondary N) is 2. The highest BCUT2D eigenvalue weighted by atomic mass is 79.9. The number of hydrogen-bond donors (Lipinski definition) is 2. The van der Waals surface area contributed by atoms with Crippen molar-refractivity contribution in [3.05, 3.63) is 62.6 Å². The van der Waals surface area contributed by atoms with Crippen LogP contribution in [0.1, 0.15) is 12.0 Å². The number of anilines is 1. The third-order valence-corrected chi connectivity index (χ3v) is 5.55. The van der Waals surface area contributed by atoms with Gasteiger partial charge in [0, 0.05) is 23.5 Å². The second kappa shape index (κ2) is 8.39. The van der Waals surface area contributed by atoms with Gasteiger partial charge in [0.15, 0.2) is 0 Å². The Labute approximate surface area is 158 Å². The van der Waals surface area contributed by atoms with Gasteiger partial charge in [0.25, 0.3) is 5.69 Å². The molecule has 0 radical (unpaired) electrons. The van der Waals surface area contributed by atoms with Crippen LogP contribution in [0.15, 0.2) is 51.8 Å². The Kier molecular flexibility index (Phi) is 6.46. The second-order valence-electron chi connectivity index (χ2n) is 5.36. The topological polar surface area (TPSA) is 118 Å². The number of nitro benzene ring substituents is 1. The first-order valence-corrected chi connectivity index (χ1v) is 9.77. The van der Waals surface area contributed by atoms with Gasteiger partial charge in [-0.2, -0.15) is 0 Å². The van der Waals surface area contributed by atoms with Crippen LogP contribution in [-0.2, 0) is 14.8 Å². The number of sulfonamides is 1. The third-order valence-electron chi connectivity index (χ3n) is 3.54. The first kappa shape index (κ1) is 20.0. The maximum absolute atomic E-state index is 12.1. The lowest BCUT2D eigenvalue weighted by Gasteiger charge is -2.09. The molecule has 1 amide bonds. The number of carbonyl (C=O) groups excluding carboxylic acids is 1. The molecule has 0 heterocycles. The van der Waals surface area contributed by atoms with Crippen LogP contribution in [0, 0.1) is 17.0 Å². The Morgan fingerprint density at radius 2 is 1.85 bits per heavy atom. The highest BCUT2D eigenvalue weighted by molar-refractivity contribution is 9.10. The summed E-state index contributed by atoms with van der Waals surface area (Å²) in [6.45, 7) is 1.43. The van der Waals surface area contributed by atoms with Gasteiger partial charge in [-0.15, -0.1) is 0 Å². The fourth-order valence-corrected chi connectivity index (χ4v) is 3.46. The lowest BCUT2D eigenvalue weighted by atomic mass is 10.1. The van der Waals surface area contributed by atoms with Crippen molar-refractivity contribution >= 4 is 43.2 Å². The standard InChI is InChI=1S/C16H16BrN3O5S/c1-11-14(3-2-4-15(11)20(22)23)19-16(21)9-10-18-26(24,25)13-7-5-12(17)6-8-13/h2-8,18H,9-10H2,1H3,(H,19,21). The summed E-state index contributed by atoms with van der Waals surface area (Å²) >= 11 is 3.22. The van der Waals surface area contributed by atoms with Gasteiger partial charge in [0.2, 0.25) is 15.9 Å². The minimum Gasteiger partial charge on any atom is -0.326 e. The van der Waals surface area contributed by atoms with Gasteiger partial charge >= 0.3 is 0 Å². The highest BCUT2D eigenvalue weighted by Crippen LogP contribution is 2.25. The molecule has 0 bridgehead atoms. The number of nitro groups is 1. The zero-order chi connectivity index (χ0) is 19.3. The monoisotopic (exact) mass is 441 g/mol. The van der Waals surface area contributed by atoms with Crippen LogP contribution in [0.5, 0.6) is 0 Å². The molecule has 0 aliphatic rings. The zero-order valence-corrected chi connectivity index (χ0v) is 16.1. The van der Waals surface area contributed by atoms with Gasteiger partial charge in [-0.05, 0) is 37.3 Å². The molecular weight excluding hydrogens is 426 g/mol. The molecule has 2 aromatic rings. The average molecular weight is 442 g/mol. The maximum Gasteiger partial charge on any atom is 0.274 e. The van der Waals surface area contributed by atoms with Crippen LogP contribution in [0.2, 0.25) is 0 Å². The maximum atomic E-state index is 12.1. The summed E-state index contributed by atoms with van der Waals surface area (Å²) in [6, 6.07) is 10.5. The summed E-state index contributed by atoms with van der Waals surface area (Å²) in [5, 5.41) is 13.5. The Bertz CT molecular complexity index is 929. The molecule has 0 aliphatic carbocycles. The number of carbonyl (C=O) groups is 1. The van der Waals surface area contributed by atoms with Gasteiger partial charge < -0.3 is 5.32 Å². The van der Waals surface area contributed by atoms with Crippen molar-refractivity contribution in [3.63, 3.8) is 0 Å². The molecule has 0 saturated carbocycles. The molecule has 8 nitrogen and oxygen atoms in total. The van der Waals surface area contributed by atoms with Crippen LogP contribution in [0.4, 0.5) is 11.4 Å². The second-order valence-corrected chi connectivity index (χ2v) is 8.04. The summed E-state index contributed by atoms with van der Waals surface area (Å²) < 4.78 is 27.3. The molecule has 2 N–H and O–H groups in total. The number of nitrogens with zero attached hydrogens (tertiary/aromatic N) is 1. The number of benzene rings is 2. The van der Waals surface area contributed by atoms with Crippen LogP contribution < -0.4 is 10.0 Å². The van der Waals surface area contributed by atoms with E-state index in [-0.39, 0.29) is 23.5 Å². The number of rotatable bonds is 7. The molecule has 2 rings (SSSR count). The van der Waals surface area contributed by atoms with Gasteiger partial charge in [0.05, 0.1) is 21.1 Å². The Hall–Kier alpha value is -2.30. The molecule has 2 aromatic carbocycles. The van der Waals surface area contributed by atoms with E-state index in [0.717, 1.165) is 4.47 Å². The summed E-state index contributed by atoms with van der Waals surface area (Å²) in [4.78, 5) is 22.5. The van der Waals surface area contributed by atoms with E-state index in [2.05, 4.69) is 26.0 Å². The first-order chi connectivity index (χ1) is 12.2. The summed E-state index contributed by atoms with van der Waals surface area (Å²) in [5.41, 5.74) is 0.556. The summed E-state index contributed by atoms with van der Waals surface area (Å²) in [5.74, 6) is -0.452. The SMILES string of the molecule is Cc1c(NC(=O)CCNS(=O)(=O)c2ccc(Br)cc2)cccc1[N+](=O)[O-]. The minimum absolute atomic E-state index is 0.0932. The minimum atomic E-state index is -3.71. The van der Waals surface area contributed by atoms with E-state index in [1.165, 1.54) is 31.2 Å². The predicted molar refractivity (Wildman–Crippen MR) is 100 cm³/mol. The summed E-state index contributed by atoms with van der Waals surface area (Å²) in [6.07, 6.45) is -0.113. The molecule has 0 unspecified atom stereocenters. The van der Waals surface area contributed by atoms with Gasteiger partial charge in [-0.3, -0.25) is 14.9 Å². The largest absolute Gasteiger partial charge is 0.326 e. The molecule has 0 atom stereocenters. The van der Waals surface area contributed by atoms with Crippen LogP contribution in [0.25, 0.3) is 0 Å². The van der Waals surface area contributed by atoms with E-state index in [0.29, 0.717) is 11.3 Å². The van der Waals surface area contributed by atoms with Crippen molar-refractivity contribution in [2.24, 2.45) is 0 Å². The lowest BCUT2D eigenvalue weighted by molar-refractivity contribution is -0.385. The Morgan fingerprint density at radius 3 is 2.46 bits per heavy atom. The van der Waals surface area contributed by atoms with Crippen molar-refractivity contribution in [1.29, 1.82) is 0 Å². The van der Waals surface area contributed by atoms with Crippen molar-refractivity contribution in [2.75, 3.05) is 11.9 Å². The van der Waals surface area contributed by atoms with Gasteiger partial charge in [-0.25, -0.2) is 13.1 Å². The Morgan fingerprint density at radius 1 is 1.19 bits per heavy atom. The van der Waals surface area contributed by atoms with Crippen molar-refractivity contribution in [2.45, 2.75) is 18.2 Å². The van der Waals surface area contributed by atoms with Crippen molar-refractivity contribution < 1.29 is 18.1 Å². The van der Waals surface area contributed by atoms with E-state index in [9.17, 15) is 23.3 Å². The molecule has 0 spiro atoms. The third kappa shape index (κ3) is 5.10. The number of amides is 1. The summed E-state index contributed by atoms with van der Waals surface area (Å²) in [7, 11) is -3.71.